The van der Waals surface area contributed by atoms with E-state index in [4.69, 9.17) is 4.74 Å². The molecule has 6 fully saturated rings. The second kappa shape index (κ2) is 8.03. The van der Waals surface area contributed by atoms with Gasteiger partial charge in [0.2, 0.25) is 0 Å². The van der Waals surface area contributed by atoms with Crippen molar-refractivity contribution in [1.29, 1.82) is 0 Å². The molecule has 5 nitrogen and oxygen atoms in total. The molecule has 0 radical (unpaired) electrons. The van der Waals surface area contributed by atoms with Crippen molar-refractivity contribution in [2.45, 2.75) is 103 Å². The van der Waals surface area contributed by atoms with Gasteiger partial charge in [-0.25, -0.2) is 0 Å². The lowest BCUT2D eigenvalue weighted by Gasteiger charge is -2.57. The van der Waals surface area contributed by atoms with Crippen molar-refractivity contribution in [2.75, 3.05) is 13.1 Å². The fraction of sp³-hybridized carbons (Fsp3) is 0.931. The lowest BCUT2D eigenvalue weighted by atomic mass is 9.51. The number of ketones is 1. The molecular formula is C29H46NO4+. The minimum Gasteiger partial charge on any atom is -0.463 e. The van der Waals surface area contributed by atoms with E-state index < -0.39 is 5.60 Å². The van der Waals surface area contributed by atoms with Crippen molar-refractivity contribution in [3.63, 3.8) is 0 Å². The molecule has 2 aliphatic heterocycles. The summed E-state index contributed by atoms with van der Waals surface area (Å²) in [5, 5.41) is 11.9. The monoisotopic (exact) mass is 472 g/mol. The molecule has 2 heterocycles. The van der Waals surface area contributed by atoms with Gasteiger partial charge in [-0.15, -0.1) is 0 Å². The number of aliphatic hydroxyl groups is 1. The van der Waals surface area contributed by atoms with Crippen molar-refractivity contribution >= 4 is 11.8 Å². The fourth-order valence-electron chi connectivity index (χ4n) is 10.9. The highest BCUT2D eigenvalue weighted by atomic mass is 16.5. The van der Waals surface area contributed by atoms with Crippen LogP contribution in [0.2, 0.25) is 0 Å². The van der Waals surface area contributed by atoms with Crippen LogP contribution in [0.15, 0.2) is 0 Å². The number of fused-ring (bicyclic) bond motifs is 8. The Hall–Kier alpha value is -0.940. The van der Waals surface area contributed by atoms with E-state index in [0.29, 0.717) is 47.3 Å². The number of carbonyl (C=O) groups is 2. The predicted molar refractivity (Wildman–Crippen MR) is 129 cm³/mol. The first-order valence-electron chi connectivity index (χ1n) is 14.4. The van der Waals surface area contributed by atoms with Crippen molar-refractivity contribution in [3.8, 4) is 0 Å². The van der Waals surface area contributed by atoms with Crippen molar-refractivity contribution < 1.29 is 24.3 Å². The van der Waals surface area contributed by atoms with Gasteiger partial charge < -0.3 is 14.7 Å². The minimum absolute atomic E-state index is 0.0511. The van der Waals surface area contributed by atoms with Gasteiger partial charge in [0.25, 0.3) is 0 Å². The van der Waals surface area contributed by atoms with Crippen LogP contribution in [-0.4, -0.2) is 47.7 Å². The van der Waals surface area contributed by atoms with E-state index >= 15 is 0 Å². The molecule has 13 atom stereocenters. The van der Waals surface area contributed by atoms with E-state index in [9.17, 15) is 14.7 Å². The molecule has 0 aromatic heterocycles. The molecular weight excluding hydrogens is 426 g/mol. The fourth-order valence-corrected chi connectivity index (χ4v) is 10.9. The zero-order chi connectivity index (χ0) is 24.0. The average molecular weight is 473 g/mol. The Labute approximate surface area is 205 Å². The molecule has 6 aliphatic rings. The third-order valence-electron chi connectivity index (χ3n) is 12.3. The van der Waals surface area contributed by atoms with E-state index in [0.717, 1.165) is 38.0 Å². The molecule has 2 saturated heterocycles. The topological polar surface area (TPSA) is 68.0 Å². The number of ether oxygens (including phenoxy) is 1. The highest BCUT2D eigenvalue weighted by Gasteiger charge is 2.65. The smallest absolute Gasteiger partial charge is 0.302 e. The third kappa shape index (κ3) is 3.38. The number of hydrogen-bond acceptors (Lipinski definition) is 4. The summed E-state index contributed by atoms with van der Waals surface area (Å²) in [4.78, 5) is 26.7. The minimum atomic E-state index is -0.554. The Morgan fingerprint density at radius 3 is 2.53 bits per heavy atom. The third-order valence-corrected chi connectivity index (χ3v) is 12.3. The van der Waals surface area contributed by atoms with Crippen LogP contribution in [0.5, 0.6) is 0 Å². The first-order chi connectivity index (χ1) is 16.1. The predicted octanol–water partition coefficient (Wildman–Crippen LogP) is 3.04. The van der Waals surface area contributed by atoms with Crippen LogP contribution in [-0.2, 0) is 14.3 Å². The van der Waals surface area contributed by atoms with Crippen LogP contribution in [0.3, 0.4) is 0 Å². The summed E-state index contributed by atoms with van der Waals surface area (Å²) >= 11 is 0. The second-order valence-corrected chi connectivity index (χ2v) is 13.9. The lowest BCUT2D eigenvalue weighted by molar-refractivity contribution is -0.953. The Balaban J connectivity index is 1.26. The first-order valence-corrected chi connectivity index (χ1v) is 14.4. The van der Waals surface area contributed by atoms with Gasteiger partial charge in [0, 0.05) is 43.4 Å². The van der Waals surface area contributed by atoms with E-state index in [1.165, 1.54) is 45.7 Å². The number of esters is 1. The summed E-state index contributed by atoms with van der Waals surface area (Å²) in [6, 6.07) is 0.408. The molecule has 34 heavy (non-hydrogen) atoms. The van der Waals surface area contributed by atoms with Gasteiger partial charge >= 0.3 is 5.97 Å². The number of quaternary nitrogens is 1. The standard InChI is InChI=1S/C29H45NO4/c1-16-5-8-27-29(4,33)23-7-6-19-20(22(23)15-30(27)14-16)12-24-21(19)13-26(32)25-11-18(34-17(2)31)9-10-28(24,25)3/h16,18-25,27,33H,5-15H2,1-4H3/p+1. The van der Waals surface area contributed by atoms with Gasteiger partial charge in [-0.3, -0.25) is 9.59 Å². The zero-order valence-corrected chi connectivity index (χ0v) is 21.7. The summed E-state index contributed by atoms with van der Waals surface area (Å²) < 4.78 is 5.57. The van der Waals surface area contributed by atoms with E-state index in [-0.39, 0.29) is 23.4 Å². The summed E-state index contributed by atoms with van der Waals surface area (Å²) in [5.41, 5.74) is -0.503. The molecule has 2 N–H and O–H groups in total. The van der Waals surface area contributed by atoms with Crippen molar-refractivity contribution in [3.05, 3.63) is 0 Å². The Morgan fingerprint density at radius 2 is 1.76 bits per heavy atom. The maximum Gasteiger partial charge on any atom is 0.302 e. The molecule has 4 saturated carbocycles. The van der Waals surface area contributed by atoms with E-state index in [1.807, 2.05) is 0 Å². The summed E-state index contributed by atoms with van der Waals surface area (Å²) in [6.45, 7) is 10.9. The molecule has 4 aliphatic carbocycles. The van der Waals surface area contributed by atoms with Crippen LogP contribution in [0, 0.1) is 52.8 Å². The van der Waals surface area contributed by atoms with Crippen LogP contribution >= 0.6 is 0 Å². The Kier molecular flexibility index (Phi) is 5.54. The number of piperidine rings is 2. The number of Topliss-reactive ketones (excluding diaryl/α,β-unsaturated/α-hetero) is 1. The highest BCUT2D eigenvalue weighted by Crippen LogP contribution is 2.66. The quantitative estimate of drug-likeness (QED) is 0.576. The number of rotatable bonds is 1. The van der Waals surface area contributed by atoms with Gasteiger partial charge in [0.05, 0.1) is 13.1 Å². The summed E-state index contributed by atoms with van der Waals surface area (Å²) in [7, 11) is 0. The van der Waals surface area contributed by atoms with Crippen LogP contribution in [0.4, 0.5) is 0 Å². The zero-order valence-electron chi connectivity index (χ0n) is 21.7. The molecule has 190 valence electrons. The van der Waals surface area contributed by atoms with E-state index in [2.05, 4.69) is 20.8 Å². The van der Waals surface area contributed by atoms with Crippen molar-refractivity contribution in [1.82, 2.24) is 0 Å². The van der Waals surface area contributed by atoms with Crippen molar-refractivity contribution in [2.24, 2.45) is 52.8 Å². The maximum atomic E-state index is 13.5. The Morgan fingerprint density at radius 1 is 0.971 bits per heavy atom. The Bertz CT molecular complexity index is 855. The highest BCUT2D eigenvalue weighted by molar-refractivity contribution is 5.83. The van der Waals surface area contributed by atoms with Gasteiger partial charge in [-0.2, -0.15) is 0 Å². The molecule has 0 amide bonds. The summed E-state index contributed by atoms with van der Waals surface area (Å²) in [5.74, 6) is 4.53. The van der Waals surface area contributed by atoms with Crippen LogP contribution in [0.25, 0.3) is 0 Å². The van der Waals surface area contributed by atoms with Crippen LogP contribution < -0.4 is 4.90 Å². The van der Waals surface area contributed by atoms with Gasteiger partial charge in [0.1, 0.15) is 23.5 Å². The molecule has 0 bridgehead atoms. The SMILES string of the molecule is CC(=O)OC1CCC2(C)C(C1)C(=O)CC1C3CCC4C(C[NH+]5CC(C)CCC5C4(C)O)C3CC12. The second-order valence-electron chi connectivity index (χ2n) is 13.9. The molecule has 13 unspecified atom stereocenters. The van der Waals surface area contributed by atoms with E-state index in [1.54, 1.807) is 4.90 Å². The summed E-state index contributed by atoms with van der Waals surface area (Å²) in [6.07, 6.45) is 9.31. The van der Waals surface area contributed by atoms with Crippen LogP contribution in [0.1, 0.15) is 85.5 Å². The maximum absolute atomic E-state index is 13.5. The molecule has 6 rings (SSSR count). The molecule has 0 aromatic rings. The molecule has 0 spiro atoms. The molecule has 5 heteroatoms. The van der Waals surface area contributed by atoms with Gasteiger partial charge in [-0.05, 0) is 81.0 Å². The lowest BCUT2D eigenvalue weighted by Crippen LogP contribution is -3.21. The first kappa shape index (κ1) is 23.5. The largest absolute Gasteiger partial charge is 0.463 e. The number of hydrogen-bond donors (Lipinski definition) is 2. The normalized spacial score (nSPS) is 56.4. The van der Waals surface area contributed by atoms with Gasteiger partial charge in [0.15, 0.2) is 0 Å². The van der Waals surface area contributed by atoms with Gasteiger partial charge in [-0.1, -0.05) is 13.8 Å². The number of nitrogens with one attached hydrogen (secondary N) is 1. The molecule has 0 aromatic carbocycles. The average Bonchev–Trinajstić information content (AvgIpc) is 3.14. The number of carbonyl (C=O) groups excluding carboxylic acids is 2.